The third-order valence-electron chi connectivity index (χ3n) is 3.80. The average molecular weight is 356 g/mol. The van der Waals surface area contributed by atoms with Crippen molar-refractivity contribution in [3.05, 3.63) is 53.1 Å². The van der Waals surface area contributed by atoms with Crippen LogP contribution in [-0.4, -0.2) is 32.4 Å². The van der Waals surface area contributed by atoms with Crippen LogP contribution in [0.15, 0.2) is 41.5 Å². The normalized spacial score (nSPS) is 10.6. The Morgan fingerprint density at radius 2 is 1.92 bits per heavy atom. The largest absolute Gasteiger partial charge is 0.493 e. The zero-order valence-corrected chi connectivity index (χ0v) is 15.5. The van der Waals surface area contributed by atoms with Gasteiger partial charge in [0.25, 0.3) is 5.91 Å². The maximum absolute atomic E-state index is 11.9. The van der Waals surface area contributed by atoms with Crippen molar-refractivity contribution in [2.45, 2.75) is 20.8 Å². The van der Waals surface area contributed by atoms with Gasteiger partial charge in [-0.25, -0.2) is 5.43 Å². The van der Waals surface area contributed by atoms with Gasteiger partial charge in [-0.3, -0.25) is 4.79 Å². The van der Waals surface area contributed by atoms with E-state index >= 15 is 0 Å². The van der Waals surface area contributed by atoms with E-state index in [1.54, 1.807) is 19.2 Å². The number of nitrogens with zero attached hydrogens (tertiary/aromatic N) is 1. The molecule has 1 N–H and O–H groups in total. The second-order valence-electron chi connectivity index (χ2n) is 5.62. The first-order valence-electron chi connectivity index (χ1n) is 8.37. The van der Waals surface area contributed by atoms with Gasteiger partial charge in [0.2, 0.25) is 0 Å². The second kappa shape index (κ2) is 9.46. The molecule has 0 aromatic heterocycles. The van der Waals surface area contributed by atoms with Crippen LogP contribution in [0.1, 0.15) is 23.6 Å². The van der Waals surface area contributed by atoms with E-state index in [9.17, 15) is 4.79 Å². The van der Waals surface area contributed by atoms with Crippen LogP contribution in [0.5, 0.6) is 17.2 Å². The van der Waals surface area contributed by atoms with E-state index in [-0.39, 0.29) is 12.5 Å². The minimum Gasteiger partial charge on any atom is -0.493 e. The van der Waals surface area contributed by atoms with Crippen LogP contribution in [0.2, 0.25) is 0 Å². The van der Waals surface area contributed by atoms with Gasteiger partial charge in [-0.2, -0.15) is 5.10 Å². The van der Waals surface area contributed by atoms with E-state index in [2.05, 4.69) is 10.5 Å². The molecule has 0 bridgehead atoms. The SMILES string of the molecule is CCOc1cc(C=NNC(=O)COc2cccc(C)c2C)ccc1OC. The summed E-state index contributed by atoms with van der Waals surface area (Å²) >= 11 is 0. The van der Waals surface area contributed by atoms with Crippen molar-refractivity contribution in [2.75, 3.05) is 20.3 Å². The third-order valence-corrected chi connectivity index (χ3v) is 3.80. The average Bonchev–Trinajstić information content (AvgIpc) is 2.63. The molecular weight excluding hydrogens is 332 g/mol. The summed E-state index contributed by atoms with van der Waals surface area (Å²) in [5, 5.41) is 3.95. The highest BCUT2D eigenvalue weighted by molar-refractivity contribution is 5.83. The monoisotopic (exact) mass is 356 g/mol. The Morgan fingerprint density at radius 3 is 2.65 bits per heavy atom. The van der Waals surface area contributed by atoms with Crippen LogP contribution in [0, 0.1) is 13.8 Å². The van der Waals surface area contributed by atoms with Crippen molar-refractivity contribution < 1.29 is 19.0 Å². The Balaban J connectivity index is 1.90. The third kappa shape index (κ3) is 5.24. The van der Waals surface area contributed by atoms with Crippen LogP contribution in [0.3, 0.4) is 0 Å². The van der Waals surface area contributed by atoms with Crippen molar-refractivity contribution in [2.24, 2.45) is 5.10 Å². The predicted octanol–water partition coefficient (Wildman–Crippen LogP) is 3.24. The lowest BCUT2D eigenvalue weighted by atomic mass is 10.1. The van der Waals surface area contributed by atoms with Gasteiger partial charge in [0.15, 0.2) is 18.1 Å². The smallest absolute Gasteiger partial charge is 0.277 e. The van der Waals surface area contributed by atoms with Crippen LogP contribution in [0.25, 0.3) is 0 Å². The number of hydrazone groups is 1. The summed E-state index contributed by atoms with van der Waals surface area (Å²) in [6.07, 6.45) is 1.54. The molecule has 0 heterocycles. The molecule has 0 fully saturated rings. The highest BCUT2D eigenvalue weighted by Crippen LogP contribution is 2.27. The Bertz CT molecular complexity index is 787. The molecule has 0 atom stereocenters. The maximum Gasteiger partial charge on any atom is 0.277 e. The Morgan fingerprint density at radius 1 is 1.12 bits per heavy atom. The predicted molar refractivity (Wildman–Crippen MR) is 101 cm³/mol. The van der Waals surface area contributed by atoms with Gasteiger partial charge in [0, 0.05) is 0 Å². The number of benzene rings is 2. The fourth-order valence-corrected chi connectivity index (χ4v) is 2.28. The molecule has 0 saturated heterocycles. The highest BCUT2D eigenvalue weighted by atomic mass is 16.5. The number of ether oxygens (including phenoxy) is 3. The van der Waals surface area contributed by atoms with E-state index in [0.29, 0.717) is 23.9 Å². The molecule has 0 aliphatic carbocycles. The summed E-state index contributed by atoms with van der Waals surface area (Å²) in [5.74, 6) is 1.64. The zero-order valence-electron chi connectivity index (χ0n) is 15.5. The number of nitrogens with one attached hydrogen (secondary N) is 1. The lowest BCUT2D eigenvalue weighted by Gasteiger charge is -2.10. The zero-order chi connectivity index (χ0) is 18.9. The number of hydrogen-bond donors (Lipinski definition) is 1. The molecule has 2 rings (SSSR count). The number of amides is 1. The maximum atomic E-state index is 11.9. The van der Waals surface area contributed by atoms with Crippen molar-refractivity contribution in [1.29, 1.82) is 0 Å². The molecule has 0 aliphatic rings. The highest BCUT2D eigenvalue weighted by Gasteiger charge is 2.06. The number of rotatable bonds is 8. The molecule has 2 aromatic rings. The van der Waals surface area contributed by atoms with E-state index in [1.165, 1.54) is 6.21 Å². The first-order chi connectivity index (χ1) is 12.5. The first kappa shape index (κ1) is 19.3. The summed E-state index contributed by atoms with van der Waals surface area (Å²) in [4.78, 5) is 11.9. The Kier molecular flexibility index (Phi) is 7.02. The molecule has 0 saturated carbocycles. The standard InChI is InChI=1S/C20H24N2O4/c1-5-25-19-11-16(9-10-18(19)24-4)12-21-22-20(23)13-26-17-8-6-7-14(2)15(17)3/h6-12H,5,13H2,1-4H3,(H,22,23). The number of carbonyl (C=O) groups is 1. The van der Waals surface area contributed by atoms with E-state index in [0.717, 1.165) is 16.7 Å². The van der Waals surface area contributed by atoms with Crippen molar-refractivity contribution in [1.82, 2.24) is 5.43 Å². The summed E-state index contributed by atoms with van der Waals surface area (Å²) in [6, 6.07) is 11.1. The summed E-state index contributed by atoms with van der Waals surface area (Å²) in [5.41, 5.74) is 5.37. The number of aryl methyl sites for hydroxylation is 1. The van der Waals surface area contributed by atoms with E-state index in [1.807, 2.05) is 45.0 Å². The van der Waals surface area contributed by atoms with E-state index < -0.39 is 0 Å². The quantitative estimate of drug-likeness (QED) is 0.582. The molecule has 138 valence electrons. The van der Waals surface area contributed by atoms with Crippen LogP contribution >= 0.6 is 0 Å². The molecule has 26 heavy (non-hydrogen) atoms. The second-order valence-corrected chi connectivity index (χ2v) is 5.62. The van der Waals surface area contributed by atoms with Crippen LogP contribution < -0.4 is 19.6 Å². The van der Waals surface area contributed by atoms with Crippen LogP contribution in [-0.2, 0) is 4.79 Å². The molecule has 0 radical (unpaired) electrons. The fourth-order valence-electron chi connectivity index (χ4n) is 2.28. The molecule has 6 nitrogen and oxygen atoms in total. The minimum atomic E-state index is -0.333. The number of methoxy groups -OCH3 is 1. The van der Waals surface area contributed by atoms with Gasteiger partial charge in [-0.15, -0.1) is 0 Å². The van der Waals surface area contributed by atoms with Gasteiger partial charge in [-0.1, -0.05) is 12.1 Å². The van der Waals surface area contributed by atoms with Crippen LogP contribution in [0.4, 0.5) is 0 Å². The molecule has 0 spiro atoms. The lowest BCUT2D eigenvalue weighted by Crippen LogP contribution is -2.24. The van der Waals surface area contributed by atoms with Gasteiger partial charge >= 0.3 is 0 Å². The van der Waals surface area contributed by atoms with Gasteiger partial charge in [0.1, 0.15) is 5.75 Å². The lowest BCUT2D eigenvalue weighted by molar-refractivity contribution is -0.123. The first-order valence-corrected chi connectivity index (χ1v) is 8.37. The molecular formula is C20H24N2O4. The fraction of sp³-hybridized carbons (Fsp3) is 0.300. The topological polar surface area (TPSA) is 69.2 Å². The van der Waals surface area contributed by atoms with Crippen molar-refractivity contribution in [3.8, 4) is 17.2 Å². The van der Waals surface area contributed by atoms with Crippen molar-refractivity contribution >= 4 is 12.1 Å². The summed E-state index contributed by atoms with van der Waals surface area (Å²) in [6.45, 7) is 6.28. The molecule has 6 heteroatoms. The van der Waals surface area contributed by atoms with E-state index in [4.69, 9.17) is 14.2 Å². The number of hydrogen-bond acceptors (Lipinski definition) is 5. The summed E-state index contributed by atoms with van der Waals surface area (Å²) in [7, 11) is 1.59. The molecule has 0 aliphatic heterocycles. The minimum absolute atomic E-state index is 0.103. The van der Waals surface area contributed by atoms with Gasteiger partial charge in [-0.05, 0) is 61.7 Å². The Hall–Kier alpha value is -3.02. The molecule has 0 unspecified atom stereocenters. The Labute approximate surface area is 153 Å². The summed E-state index contributed by atoms with van der Waals surface area (Å²) < 4.78 is 16.3. The van der Waals surface area contributed by atoms with Gasteiger partial charge in [0.05, 0.1) is 19.9 Å². The van der Waals surface area contributed by atoms with Crippen molar-refractivity contribution in [3.63, 3.8) is 0 Å². The number of carbonyl (C=O) groups excluding carboxylic acids is 1. The molecule has 1 amide bonds. The molecule has 2 aromatic carbocycles. The van der Waals surface area contributed by atoms with Gasteiger partial charge < -0.3 is 14.2 Å².